The van der Waals surface area contributed by atoms with Gasteiger partial charge in [-0.05, 0) is 38.6 Å². The third-order valence-electron chi connectivity index (χ3n) is 4.40. The summed E-state index contributed by atoms with van der Waals surface area (Å²) in [6.07, 6.45) is 5.10. The van der Waals surface area contributed by atoms with Gasteiger partial charge >= 0.3 is 5.97 Å². The molecule has 0 aromatic heterocycles. The number of carboxylic acids is 1. The van der Waals surface area contributed by atoms with Crippen LogP contribution in [0.4, 0.5) is 0 Å². The molecule has 0 spiro atoms. The SMILES string of the molecule is CN(CC(=O)N1CCC(C(=O)O)CC1)CC1CCC1. The van der Waals surface area contributed by atoms with E-state index in [1.54, 1.807) is 0 Å². The van der Waals surface area contributed by atoms with Gasteiger partial charge in [-0.3, -0.25) is 14.5 Å². The lowest BCUT2D eigenvalue weighted by Gasteiger charge is -2.33. The van der Waals surface area contributed by atoms with E-state index in [2.05, 4.69) is 4.90 Å². The molecule has 1 amide bonds. The molecule has 0 unspecified atom stereocenters. The highest BCUT2D eigenvalue weighted by molar-refractivity contribution is 5.78. The van der Waals surface area contributed by atoms with Crippen molar-refractivity contribution in [1.29, 1.82) is 0 Å². The lowest BCUT2D eigenvalue weighted by molar-refractivity contribution is -0.145. The van der Waals surface area contributed by atoms with Crippen LogP contribution in [-0.4, -0.2) is 60.0 Å². The smallest absolute Gasteiger partial charge is 0.306 e. The Morgan fingerprint density at radius 3 is 2.32 bits per heavy atom. The minimum Gasteiger partial charge on any atom is -0.481 e. The first-order chi connectivity index (χ1) is 9.06. The summed E-state index contributed by atoms with van der Waals surface area (Å²) in [5.74, 6) is -0.0767. The number of carbonyl (C=O) groups excluding carboxylic acids is 1. The number of amides is 1. The van der Waals surface area contributed by atoms with Gasteiger partial charge < -0.3 is 10.0 Å². The van der Waals surface area contributed by atoms with Crippen molar-refractivity contribution in [2.75, 3.05) is 33.2 Å². The topological polar surface area (TPSA) is 60.9 Å². The van der Waals surface area contributed by atoms with Crippen molar-refractivity contribution in [3.05, 3.63) is 0 Å². The van der Waals surface area contributed by atoms with Crippen LogP contribution in [-0.2, 0) is 9.59 Å². The third-order valence-corrected chi connectivity index (χ3v) is 4.40. The van der Waals surface area contributed by atoms with Crippen LogP contribution >= 0.6 is 0 Å². The van der Waals surface area contributed by atoms with Crippen molar-refractivity contribution in [2.45, 2.75) is 32.1 Å². The predicted octanol–water partition coefficient (Wildman–Crippen LogP) is 1.04. The zero-order chi connectivity index (χ0) is 13.8. The van der Waals surface area contributed by atoms with E-state index in [9.17, 15) is 9.59 Å². The first-order valence-electron chi connectivity index (χ1n) is 7.25. The van der Waals surface area contributed by atoms with Crippen molar-refractivity contribution in [1.82, 2.24) is 9.80 Å². The number of piperidine rings is 1. The van der Waals surface area contributed by atoms with E-state index in [1.165, 1.54) is 19.3 Å². The van der Waals surface area contributed by atoms with Gasteiger partial charge in [0.2, 0.25) is 5.91 Å². The lowest BCUT2D eigenvalue weighted by atomic mass is 9.85. The maximum Gasteiger partial charge on any atom is 0.306 e. The molecular weight excluding hydrogens is 244 g/mol. The molecule has 1 N–H and O–H groups in total. The highest BCUT2D eigenvalue weighted by atomic mass is 16.4. The number of hydrogen-bond donors (Lipinski definition) is 1. The van der Waals surface area contributed by atoms with Crippen molar-refractivity contribution in [2.24, 2.45) is 11.8 Å². The second kappa shape index (κ2) is 6.37. The fraction of sp³-hybridized carbons (Fsp3) is 0.857. The molecule has 0 bridgehead atoms. The fourth-order valence-electron chi connectivity index (χ4n) is 2.89. The Hall–Kier alpha value is -1.10. The van der Waals surface area contributed by atoms with Crippen LogP contribution in [0.15, 0.2) is 0 Å². The monoisotopic (exact) mass is 268 g/mol. The number of carbonyl (C=O) groups is 2. The van der Waals surface area contributed by atoms with E-state index in [4.69, 9.17) is 5.11 Å². The largest absolute Gasteiger partial charge is 0.481 e. The van der Waals surface area contributed by atoms with E-state index >= 15 is 0 Å². The minimum absolute atomic E-state index is 0.144. The molecule has 108 valence electrons. The van der Waals surface area contributed by atoms with Crippen LogP contribution < -0.4 is 0 Å². The average molecular weight is 268 g/mol. The Balaban J connectivity index is 1.69. The Morgan fingerprint density at radius 2 is 1.84 bits per heavy atom. The zero-order valence-electron chi connectivity index (χ0n) is 11.7. The summed E-state index contributed by atoms with van der Waals surface area (Å²) in [7, 11) is 2.00. The molecule has 2 fully saturated rings. The maximum absolute atomic E-state index is 12.1. The van der Waals surface area contributed by atoms with E-state index in [0.717, 1.165) is 12.5 Å². The van der Waals surface area contributed by atoms with Gasteiger partial charge in [-0.1, -0.05) is 6.42 Å². The molecule has 0 aromatic carbocycles. The Morgan fingerprint density at radius 1 is 1.21 bits per heavy atom. The third kappa shape index (κ3) is 3.93. The molecule has 0 atom stereocenters. The first-order valence-corrected chi connectivity index (χ1v) is 7.25. The molecule has 1 aliphatic heterocycles. The van der Waals surface area contributed by atoms with Crippen LogP contribution in [0.5, 0.6) is 0 Å². The summed E-state index contributed by atoms with van der Waals surface area (Å²) in [5, 5.41) is 8.93. The molecule has 1 heterocycles. The zero-order valence-corrected chi connectivity index (χ0v) is 11.7. The van der Waals surface area contributed by atoms with Crippen LogP contribution in [0.25, 0.3) is 0 Å². The average Bonchev–Trinajstić information content (AvgIpc) is 2.34. The number of likely N-dealkylation sites (N-methyl/N-ethyl adjacent to an activating group) is 1. The first kappa shape index (κ1) is 14.3. The molecular formula is C14H24N2O3. The summed E-state index contributed by atoms with van der Waals surface area (Å²) in [4.78, 5) is 26.9. The summed E-state index contributed by atoms with van der Waals surface area (Å²) in [6.45, 7) is 2.66. The molecule has 0 radical (unpaired) electrons. The lowest BCUT2D eigenvalue weighted by Crippen LogP contribution is -2.45. The molecule has 5 nitrogen and oxygen atoms in total. The van der Waals surface area contributed by atoms with Gasteiger partial charge in [-0.15, -0.1) is 0 Å². The van der Waals surface area contributed by atoms with Crippen LogP contribution in [0, 0.1) is 11.8 Å². The van der Waals surface area contributed by atoms with Gasteiger partial charge in [0.25, 0.3) is 0 Å². The number of rotatable bonds is 5. The quantitative estimate of drug-likeness (QED) is 0.809. The van der Waals surface area contributed by atoms with E-state index in [1.807, 2.05) is 11.9 Å². The number of nitrogens with zero attached hydrogens (tertiary/aromatic N) is 2. The molecule has 0 aromatic rings. The molecule has 19 heavy (non-hydrogen) atoms. The second-order valence-corrected chi connectivity index (χ2v) is 5.99. The van der Waals surface area contributed by atoms with Gasteiger partial charge in [-0.2, -0.15) is 0 Å². The summed E-state index contributed by atoms with van der Waals surface area (Å²) in [5.41, 5.74) is 0. The van der Waals surface area contributed by atoms with Crippen LogP contribution in [0.2, 0.25) is 0 Å². The second-order valence-electron chi connectivity index (χ2n) is 5.99. The molecule has 1 aliphatic carbocycles. The molecule has 1 saturated heterocycles. The fourth-order valence-corrected chi connectivity index (χ4v) is 2.89. The van der Waals surface area contributed by atoms with Crippen molar-refractivity contribution >= 4 is 11.9 Å². The normalized spacial score (nSPS) is 21.5. The molecule has 5 heteroatoms. The van der Waals surface area contributed by atoms with Crippen LogP contribution in [0.3, 0.4) is 0 Å². The number of hydrogen-bond acceptors (Lipinski definition) is 3. The molecule has 2 aliphatic rings. The number of aliphatic carboxylic acids is 1. The number of carboxylic acid groups (broad SMARTS) is 1. The molecule has 2 rings (SSSR count). The minimum atomic E-state index is -0.728. The number of likely N-dealkylation sites (tertiary alicyclic amines) is 1. The van der Waals surface area contributed by atoms with Crippen molar-refractivity contribution in [3.63, 3.8) is 0 Å². The van der Waals surface area contributed by atoms with E-state index < -0.39 is 5.97 Å². The van der Waals surface area contributed by atoms with Crippen LogP contribution in [0.1, 0.15) is 32.1 Å². The Kier molecular flexibility index (Phi) is 4.80. The van der Waals surface area contributed by atoms with Crippen molar-refractivity contribution < 1.29 is 14.7 Å². The molecule has 1 saturated carbocycles. The summed E-state index contributed by atoms with van der Waals surface area (Å²) in [6, 6.07) is 0. The predicted molar refractivity (Wildman–Crippen MR) is 71.8 cm³/mol. The van der Waals surface area contributed by atoms with Gasteiger partial charge in [0, 0.05) is 19.6 Å². The Labute approximate surface area is 114 Å². The standard InChI is InChI=1S/C14H24N2O3/c1-15(9-11-3-2-4-11)10-13(17)16-7-5-12(6-8-16)14(18)19/h11-12H,2-10H2,1H3,(H,18,19). The van der Waals surface area contributed by atoms with Gasteiger partial charge in [0.1, 0.15) is 0 Å². The highest BCUT2D eigenvalue weighted by Crippen LogP contribution is 2.26. The highest BCUT2D eigenvalue weighted by Gasteiger charge is 2.27. The van der Waals surface area contributed by atoms with E-state index in [0.29, 0.717) is 32.5 Å². The van der Waals surface area contributed by atoms with Gasteiger partial charge in [0.05, 0.1) is 12.5 Å². The van der Waals surface area contributed by atoms with Gasteiger partial charge in [0.15, 0.2) is 0 Å². The van der Waals surface area contributed by atoms with E-state index in [-0.39, 0.29) is 11.8 Å². The summed E-state index contributed by atoms with van der Waals surface area (Å²) >= 11 is 0. The summed E-state index contributed by atoms with van der Waals surface area (Å²) < 4.78 is 0. The Bertz CT molecular complexity index is 334. The van der Waals surface area contributed by atoms with Crippen molar-refractivity contribution in [3.8, 4) is 0 Å². The van der Waals surface area contributed by atoms with Gasteiger partial charge in [-0.25, -0.2) is 0 Å². The maximum atomic E-state index is 12.1.